The van der Waals surface area contributed by atoms with Gasteiger partial charge in [0.2, 0.25) is 0 Å². The van der Waals surface area contributed by atoms with E-state index in [9.17, 15) is 9.18 Å². The Bertz CT molecular complexity index is 414. The summed E-state index contributed by atoms with van der Waals surface area (Å²) in [7, 11) is 0. The predicted molar refractivity (Wildman–Crippen MR) is 69.0 cm³/mol. The number of amides is 1. The maximum Gasteiger partial charge on any atom is 0.253 e. The van der Waals surface area contributed by atoms with Crippen LogP contribution in [0.4, 0.5) is 4.39 Å². The molecule has 1 heterocycles. The van der Waals surface area contributed by atoms with Crippen molar-refractivity contribution in [2.45, 2.75) is 25.8 Å². The fraction of sp³-hybridized carbons (Fsp3) is 0.500. The third-order valence-corrected chi connectivity index (χ3v) is 3.35. The van der Waals surface area contributed by atoms with Crippen LogP contribution in [0.1, 0.15) is 30.1 Å². The van der Waals surface area contributed by atoms with Gasteiger partial charge in [-0.15, -0.1) is 0 Å². The van der Waals surface area contributed by atoms with E-state index < -0.39 is 0 Å². The number of hydrogen-bond donors (Lipinski definition) is 1. The summed E-state index contributed by atoms with van der Waals surface area (Å²) in [5.74, 6) is -0.423. The molecule has 1 N–H and O–H groups in total. The Hall–Kier alpha value is -1.42. The molecule has 1 amide bonds. The molecule has 2 rings (SSSR count). The van der Waals surface area contributed by atoms with Crippen molar-refractivity contribution >= 4 is 5.91 Å². The molecular weight excluding hydrogens is 231 g/mol. The van der Waals surface area contributed by atoms with Gasteiger partial charge >= 0.3 is 0 Å². The third-order valence-electron chi connectivity index (χ3n) is 3.35. The Kier molecular flexibility index (Phi) is 4.31. The minimum atomic E-state index is -0.358. The zero-order chi connectivity index (χ0) is 13.0. The second kappa shape index (κ2) is 5.96. The first kappa shape index (κ1) is 13.0. The normalized spacial score (nSPS) is 16.9. The predicted octanol–water partition coefficient (Wildman–Crippen LogP) is 2.04. The minimum absolute atomic E-state index is 0.0653. The van der Waals surface area contributed by atoms with E-state index in [4.69, 9.17) is 0 Å². The van der Waals surface area contributed by atoms with Crippen molar-refractivity contribution in [1.82, 2.24) is 10.2 Å². The Labute approximate surface area is 107 Å². The molecule has 0 atom stereocenters. The number of nitrogens with zero attached hydrogens (tertiary/aromatic N) is 1. The first-order valence-corrected chi connectivity index (χ1v) is 6.49. The van der Waals surface area contributed by atoms with Crippen molar-refractivity contribution in [2.24, 2.45) is 0 Å². The molecule has 18 heavy (non-hydrogen) atoms. The lowest BCUT2D eigenvalue weighted by Crippen LogP contribution is -2.44. The Morgan fingerprint density at radius 1 is 1.44 bits per heavy atom. The molecular formula is C14H19FN2O. The lowest BCUT2D eigenvalue weighted by atomic mass is 10.0. The summed E-state index contributed by atoms with van der Waals surface area (Å²) in [6.07, 6.45) is 1.93. The maximum absolute atomic E-state index is 13.1. The zero-order valence-corrected chi connectivity index (χ0v) is 10.7. The summed E-state index contributed by atoms with van der Waals surface area (Å²) in [6.45, 7) is 4.53. The number of piperidine rings is 1. The van der Waals surface area contributed by atoms with Gasteiger partial charge < -0.3 is 10.2 Å². The molecule has 98 valence electrons. The number of rotatable bonds is 3. The molecule has 0 saturated carbocycles. The molecule has 0 spiro atoms. The van der Waals surface area contributed by atoms with E-state index in [-0.39, 0.29) is 11.7 Å². The lowest BCUT2D eigenvalue weighted by molar-refractivity contribution is 0.0705. The molecule has 3 nitrogen and oxygen atoms in total. The molecule has 1 aliphatic rings. The average molecular weight is 250 g/mol. The van der Waals surface area contributed by atoms with Crippen LogP contribution in [-0.2, 0) is 0 Å². The highest BCUT2D eigenvalue weighted by molar-refractivity contribution is 5.94. The monoisotopic (exact) mass is 250 g/mol. The second-order valence-corrected chi connectivity index (χ2v) is 4.63. The molecule has 4 heteroatoms. The van der Waals surface area contributed by atoms with E-state index in [1.807, 2.05) is 4.90 Å². The molecule has 0 aliphatic carbocycles. The van der Waals surface area contributed by atoms with Gasteiger partial charge in [-0.1, -0.05) is 13.0 Å². The number of halogens is 1. The second-order valence-electron chi connectivity index (χ2n) is 4.63. The number of benzene rings is 1. The molecule has 1 aromatic carbocycles. The molecule has 1 aliphatic heterocycles. The van der Waals surface area contributed by atoms with Gasteiger partial charge in [-0.2, -0.15) is 0 Å². The number of likely N-dealkylation sites (tertiary alicyclic amines) is 1. The van der Waals surface area contributed by atoms with Crippen LogP contribution >= 0.6 is 0 Å². The summed E-state index contributed by atoms with van der Waals surface area (Å²) >= 11 is 0. The Morgan fingerprint density at radius 3 is 2.78 bits per heavy atom. The molecule has 1 aromatic rings. The maximum atomic E-state index is 13.1. The number of carbonyl (C=O) groups excluding carboxylic acids is 1. The topological polar surface area (TPSA) is 32.3 Å². The zero-order valence-electron chi connectivity index (χ0n) is 10.7. The standard InChI is InChI=1S/C14H19FN2O/c1-2-16-13-6-8-17(9-7-13)14(18)11-4-3-5-12(15)10-11/h3-5,10,13,16H,2,6-9H2,1H3. The van der Waals surface area contributed by atoms with Crippen LogP contribution in [0.2, 0.25) is 0 Å². The molecule has 0 bridgehead atoms. The van der Waals surface area contributed by atoms with Gasteiger partial charge in [0, 0.05) is 24.7 Å². The molecule has 1 saturated heterocycles. The van der Waals surface area contributed by atoms with Crippen molar-refractivity contribution in [2.75, 3.05) is 19.6 Å². The van der Waals surface area contributed by atoms with Crippen molar-refractivity contribution in [3.63, 3.8) is 0 Å². The number of nitrogens with one attached hydrogen (secondary N) is 1. The van der Waals surface area contributed by atoms with Crippen molar-refractivity contribution in [3.05, 3.63) is 35.6 Å². The molecule has 0 radical (unpaired) electrons. The van der Waals surface area contributed by atoms with Gasteiger partial charge in [0.25, 0.3) is 5.91 Å². The fourth-order valence-electron chi connectivity index (χ4n) is 2.38. The highest BCUT2D eigenvalue weighted by Crippen LogP contribution is 2.14. The van der Waals surface area contributed by atoms with Crippen LogP contribution in [0.5, 0.6) is 0 Å². The van der Waals surface area contributed by atoms with Gasteiger partial charge in [-0.3, -0.25) is 4.79 Å². The quantitative estimate of drug-likeness (QED) is 0.890. The summed E-state index contributed by atoms with van der Waals surface area (Å²) in [5.41, 5.74) is 0.442. The van der Waals surface area contributed by atoms with E-state index >= 15 is 0 Å². The summed E-state index contributed by atoms with van der Waals surface area (Å²) in [5, 5.41) is 3.39. The van der Waals surface area contributed by atoms with Crippen LogP contribution in [0.15, 0.2) is 24.3 Å². The Balaban J connectivity index is 1.95. The SMILES string of the molecule is CCNC1CCN(C(=O)c2cccc(F)c2)CC1. The summed E-state index contributed by atoms with van der Waals surface area (Å²) < 4.78 is 13.1. The van der Waals surface area contributed by atoms with Crippen molar-refractivity contribution in [3.8, 4) is 0 Å². The average Bonchev–Trinajstić information content (AvgIpc) is 2.39. The largest absolute Gasteiger partial charge is 0.339 e. The van der Waals surface area contributed by atoms with Crippen LogP contribution < -0.4 is 5.32 Å². The van der Waals surface area contributed by atoms with Crippen LogP contribution in [-0.4, -0.2) is 36.5 Å². The van der Waals surface area contributed by atoms with Crippen LogP contribution in [0, 0.1) is 5.82 Å². The smallest absolute Gasteiger partial charge is 0.253 e. The van der Waals surface area contributed by atoms with E-state index in [1.54, 1.807) is 12.1 Å². The molecule has 1 fully saturated rings. The fourth-order valence-corrected chi connectivity index (χ4v) is 2.38. The molecule has 0 unspecified atom stereocenters. The van der Waals surface area contributed by atoms with Crippen LogP contribution in [0.25, 0.3) is 0 Å². The van der Waals surface area contributed by atoms with Gasteiger partial charge in [0.15, 0.2) is 0 Å². The number of carbonyl (C=O) groups is 1. The van der Waals surface area contributed by atoms with Gasteiger partial charge in [0.05, 0.1) is 0 Å². The van der Waals surface area contributed by atoms with E-state index in [2.05, 4.69) is 12.2 Å². The first-order valence-electron chi connectivity index (χ1n) is 6.49. The lowest BCUT2D eigenvalue weighted by Gasteiger charge is -2.32. The van der Waals surface area contributed by atoms with E-state index in [0.29, 0.717) is 11.6 Å². The summed E-state index contributed by atoms with van der Waals surface area (Å²) in [4.78, 5) is 14.0. The van der Waals surface area contributed by atoms with Crippen molar-refractivity contribution in [1.29, 1.82) is 0 Å². The van der Waals surface area contributed by atoms with Gasteiger partial charge in [0.1, 0.15) is 5.82 Å². The summed E-state index contributed by atoms with van der Waals surface area (Å²) in [6, 6.07) is 6.41. The van der Waals surface area contributed by atoms with E-state index in [1.165, 1.54) is 12.1 Å². The molecule has 0 aromatic heterocycles. The highest BCUT2D eigenvalue weighted by atomic mass is 19.1. The van der Waals surface area contributed by atoms with E-state index in [0.717, 1.165) is 32.5 Å². The van der Waals surface area contributed by atoms with Crippen molar-refractivity contribution < 1.29 is 9.18 Å². The van der Waals surface area contributed by atoms with Gasteiger partial charge in [-0.05, 0) is 37.6 Å². The third kappa shape index (κ3) is 3.07. The Morgan fingerprint density at radius 2 is 2.17 bits per heavy atom. The minimum Gasteiger partial charge on any atom is -0.339 e. The number of hydrogen-bond acceptors (Lipinski definition) is 2. The van der Waals surface area contributed by atoms with Crippen LogP contribution in [0.3, 0.4) is 0 Å². The van der Waals surface area contributed by atoms with Gasteiger partial charge in [-0.25, -0.2) is 4.39 Å². The first-order chi connectivity index (χ1) is 8.70. The highest BCUT2D eigenvalue weighted by Gasteiger charge is 2.23.